The maximum Gasteiger partial charge on any atom is 0.202 e. The van der Waals surface area contributed by atoms with Gasteiger partial charge in [0, 0.05) is 52.4 Å². The van der Waals surface area contributed by atoms with Gasteiger partial charge in [-0.25, -0.2) is 4.98 Å². The molecule has 0 unspecified atom stereocenters. The van der Waals surface area contributed by atoms with E-state index in [4.69, 9.17) is 9.47 Å². The molecule has 98 valence electrons. The molecule has 0 aliphatic rings. The van der Waals surface area contributed by atoms with E-state index in [1.165, 1.54) is 0 Å². The second-order valence-corrected chi connectivity index (χ2v) is 3.77. The number of ether oxygens (including phenoxy) is 2. The van der Waals surface area contributed by atoms with Crippen LogP contribution in [0.2, 0.25) is 0 Å². The monoisotopic (exact) mass is 241 g/mol. The maximum atomic E-state index is 5.31. The number of hydrogen-bond acceptors (Lipinski definition) is 4. The first-order chi connectivity index (χ1) is 8.38. The fourth-order valence-electron chi connectivity index (χ4n) is 1.55. The van der Waals surface area contributed by atoms with Crippen LogP contribution in [0.15, 0.2) is 12.4 Å². The molecular formula is C12H23N3O2. The molecule has 5 nitrogen and oxygen atoms in total. The molecular weight excluding hydrogens is 218 g/mol. The zero-order valence-corrected chi connectivity index (χ0v) is 10.8. The second-order valence-electron chi connectivity index (χ2n) is 3.77. The molecule has 1 N–H and O–H groups in total. The Labute approximate surface area is 103 Å². The Hall–Kier alpha value is -1.07. The van der Waals surface area contributed by atoms with Crippen molar-refractivity contribution in [1.82, 2.24) is 9.55 Å². The van der Waals surface area contributed by atoms with Crippen LogP contribution in [0.1, 0.15) is 19.8 Å². The van der Waals surface area contributed by atoms with E-state index in [1.807, 2.05) is 19.3 Å². The van der Waals surface area contributed by atoms with Crippen molar-refractivity contribution in [3.05, 3.63) is 12.4 Å². The third-order valence-electron chi connectivity index (χ3n) is 2.42. The lowest BCUT2D eigenvalue weighted by Gasteiger charge is -2.09. The van der Waals surface area contributed by atoms with Crippen LogP contribution in [0.25, 0.3) is 0 Å². The summed E-state index contributed by atoms with van der Waals surface area (Å²) in [6, 6.07) is 0. The largest absolute Gasteiger partial charge is 0.385 e. The van der Waals surface area contributed by atoms with Gasteiger partial charge in [-0.2, -0.15) is 0 Å². The van der Waals surface area contributed by atoms with Gasteiger partial charge in [-0.3, -0.25) is 0 Å². The van der Waals surface area contributed by atoms with Gasteiger partial charge in [0.15, 0.2) is 0 Å². The van der Waals surface area contributed by atoms with Crippen LogP contribution in [-0.4, -0.2) is 43.0 Å². The quantitative estimate of drug-likeness (QED) is 0.634. The van der Waals surface area contributed by atoms with Crippen molar-refractivity contribution in [2.24, 2.45) is 0 Å². The summed E-state index contributed by atoms with van der Waals surface area (Å²) in [5.74, 6) is 0.928. The van der Waals surface area contributed by atoms with Gasteiger partial charge in [-0.05, 0) is 19.8 Å². The number of nitrogens with zero attached hydrogens (tertiary/aromatic N) is 2. The van der Waals surface area contributed by atoms with E-state index >= 15 is 0 Å². The van der Waals surface area contributed by atoms with Crippen LogP contribution >= 0.6 is 0 Å². The van der Waals surface area contributed by atoms with Crippen molar-refractivity contribution in [2.45, 2.75) is 26.3 Å². The first-order valence-corrected chi connectivity index (χ1v) is 6.20. The second kappa shape index (κ2) is 9.01. The average Bonchev–Trinajstić information content (AvgIpc) is 2.78. The van der Waals surface area contributed by atoms with Crippen molar-refractivity contribution in [2.75, 3.05) is 38.8 Å². The Morgan fingerprint density at radius 2 is 2.24 bits per heavy atom. The maximum absolute atomic E-state index is 5.31. The number of methoxy groups -OCH3 is 1. The number of hydrogen-bond donors (Lipinski definition) is 1. The molecule has 1 aromatic heterocycles. The fourth-order valence-corrected chi connectivity index (χ4v) is 1.55. The summed E-state index contributed by atoms with van der Waals surface area (Å²) in [5.41, 5.74) is 0. The smallest absolute Gasteiger partial charge is 0.202 e. The first-order valence-electron chi connectivity index (χ1n) is 6.20. The fraction of sp³-hybridized carbons (Fsp3) is 0.750. The molecule has 0 saturated heterocycles. The Morgan fingerprint density at radius 1 is 1.35 bits per heavy atom. The highest BCUT2D eigenvalue weighted by molar-refractivity contribution is 5.25. The van der Waals surface area contributed by atoms with Gasteiger partial charge in [0.1, 0.15) is 0 Å². The standard InChI is InChI=1S/C12H23N3O2/c1-3-17-11-5-8-15-9-7-14-12(15)13-6-4-10-16-2/h7,9H,3-6,8,10-11H2,1-2H3,(H,13,14). The minimum atomic E-state index is 0.776. The molecule has 0 aromatic carbocycles. The minimum Gasteiger partial charge on any atom is -0.385 e. The van der Waals surface area contributed by atoms with Crippen LogP contribution < -0.4 is 5.32 Å². The van der Waals surface area contributed by atoms with Gasteiger partial charge in [0.05, 0.1) is 0 Å². The van der Waals surface area contributed by atoms with Crippen molar-refractivity contribution in [1.29, 1.82) is 0 Å². The van der Waals surface area contributed by atoms with Gasteiger partial charge >= 0.3 is 0 Å². The molecule has 1 rings (SSSR count). The van der Waals surface area contributed by atoms with Gasteiger partial charge in [0.2, 0.25) is 5.95 Å². The summed E-state index contributed by atoms with van der Waals surface area (Å²) < 4.78 is 12.4. The molecule has 0 atom stereocenters. The third-order valence-corrected chi connectivity index (χ3v) is 2.42. The number of imidazole rings is 1. The molecule has 1 heterocycles. The molecule has 0 aliphatic heterocycles. The van der Waals surface area contributed by atoms with E-state index in [-0.39, 0.29) is 0 Å². The number of nitrogens with one attached hydrogen (secondary N) is 1. The lowest BCUT2D eigenvalue weighted by molar-refractivity contribution is 0.142. The predicted molar refractivity (Wildman–Crippen MR) is 68.3 cm³/mol. The van der Waals surface area contributed by atoms with Crippen molar-refractivity contribution in [3.63, 3.8) is 0 Å². The van der Waals surface area contributed by atoms with Crippen LogP contribution in [0.5, 0.6) is 0 Å². The first kappa shape index (κ1) is 14.0. The van der Waals surface area contributed by atoms with Gasteiger partial charge in [-0.1, -0.05) is 0 Å². The summed E-state index contributed by atoms with van der Waals surface area (Å²) >= 11 is 0. The van der Waals surface area contributed by atoms with Crippen LogP contribution in [0.4, 0.5) is 5.95 Å². The number of rotatable bonds is 10. The van der Waals surface area contributed by atoms with E-state index in [0.29, 0.717) is 0 Å². The van der Waals surface area contributed by atoms with E-state index in [2.05, 4.69) is 14.9 Å². The number of aryl methyl sites for hydroxylation is 1. The van der Waals surface area contributed by atoms with Crippen LogP contribution in [-0.2, 0) is 16.0 Å². The van der Waals surface area contributed by atoms with Crippen molar-refractivity contribution >= 4 is 5.95 Å². The van der Waals surface area contributed by atoms with E-state index in [9.17, 15) is 0 Å². The molecule has 0 fully saturated rings. The highest BCUT2D eigenvalue weighted by Crippen LogP contribution is 2.05. The molecule has 0 aliphatic carbocycles. The van der Waals surface area contributed by atoms with Crippen LogP contribution in [0.3, 0.4) is 0 Å². The summed E-state index contributed by atoms with van der Waals surface area (Å²) in [7, 11) is 1.72. The van der Waals surface area contributed by atoms with E-state index < -0.39 is 0 Å². The Balaban J connectivity index is 2.22. The zero-order chi connectivity index (χ0) is 12.3. The van der Waals surface area contributed by atoms with Crippen molar-refractivity contribution in [3.8, 4) is 0 Å². The molecule has 0 radical (unpaired) electrons. The van der Waals surface area contributed by atoms with E-state index in [0.717, 1.165) is 51.7 Å². The van der Waals surface area contributed by atoms with Gasteiger partial charge < -0.3 is 19.4 Å². The SMILES string of the molecule is CCOCCCn1ccnc1NCCCOC. The Morgan fingerprint density at radius 3 is 3.00 bits per heavy atom. The predicted octanol–water partition coefficient (Wildman–Crippen LogP) is 1.76. The third kappa shape index (κ3) is 5.70. The van der Waals surface area contributed by atoms with E-state index in [1.54, 1.807) is 7.11 Å². The molecule has 0 saturated carbocycles. The topological polar surface area (TPSA) is 48.3 Å². The molecule has 0 amide bonds. The molecule has 0 bridgehead atoms. The molecule has 0 spiro atoms. The normalized spacial score (nSPS) is 10.7. The minimum absolute atomic E-state index is 0.776. The number of anilines is 1. The highest BCUT2D eigenvalue weighted by atomic mass is 16.5. The average molecular weight is 241 g/mol. The Bertz CT molecular complexity index is 263. The molecule has 17 heavy (non-hydrogen) atoms. The highest BCUT2D eigenvalue weighted by Gasteiger charge is 2.01. The lowest BCUT2D eigenvalue weighted by Crippen LogP contribution is -2.11. The Kier molecular flexibility index (Phi) is 7.42. The summed E-state index contributed by atoms with van der Waals surface area (Å²) in [5, 5.41) is 3.30. The lowest BCUT2D eigenvalue weighted by atomic mass is 10.4. The van der Waals surface area contributed by atoms with Crippen LogP contribution in [0, 0.1) is 0 Å². The van der Waals surface area contributed by atoms with Gasteiger partial charge in [-0.15, -0.1) is 0 Å². The molecule has 5 heteroatoms. The summed E-state index contributed by atoms with van der Waals surface area (Å²) in [4.78, 5) is 4.28. The zero-order valence-electron chi connectivity index (χ0n) is 10.8. The summed E-state index contributed by atoms with van der Waals surface area (Å²) in [6.07, 6.45) is 5.81. The molecule has 1 aromatic rings. The summed E-state index contributed by atoms with van der Waals surface area (Å²) in [6.45, 7) is 6.20. The number of aromatic nitrogens is 2. The van der Waals surface area contributed by atoms with Crippen molar-refractivity contribution < 1.29 is 9.47 Å². The van der Waals surface area contributed by atoms with Gasteiger partial charge in [0.25, 0.3) is 0 Å².